The number of nitrogens with zero attached hydrogens (tertiary/aromatic N) is 1. The molecule has 28 heavy (non-hydrogen) atoms. The zero-order valence-electron chi connectivity index (χ0n) is 15.5. The van der Waals surface area contributed by atoms with Crippen molar-refractivity contribution in [2.24, 2.45) is 0 Å². The second-order valence-electron chi connectivity index (χ2n) is 6.87. The Morgan fingerprint density at radius 2 is 1.82 bits per heavy atom. The first kappa shape index (κ1) is 21.1. The molecule has 1 amide bonds. The summed E-state index contributed by atoms with van der Waals surface area (Å²) in [7, 11) is 0. The van der Waals surface area contributed by atoms with Crippen molar-refractivity contribution >= 4 is 17.3 Å². The molecule has 3 N–H and O–H groups in total. The molecular weight excluding hydrogens is 375 g/mol. The van der Waals surface area contributed by atoms with Crippen molar-refractivity contribution < 1.29 is 27.8 Å². The summed E-state index contributed by atoms with van der Waals surface area (Å²) in [4.78, 5) is 16.5. The quantitative estimate of drug-likeness (QED) is 0.502. The number of pyridine rings is 1. The fraction of sp³-hybridized carbons (Fsp3) is 0.263. The SMILES string of the molecule is C=C(Nc1cnccc1C(=O)Nc1cc(C(F)(F)F)ccc1O)OC(C)(C)C. The maximum absolute atomic E-state index is 12.9. The molecule has 0 radical (unpaired) electrons. The van der Waals surface area contributed by atoms with Crippen LogP contribution in [0.25, 0.3) is 0 Å². The Kier molecular flexibility index (Phi) is 5.86. The molecule has 0 aliphatic carbocycles. The molecule has 0 aliphatic heterocycles. The molecule has 0 saturated carbocycles. The van der Waals surface area contributed by atoms with Gasteiger partial charge >= 0.3 is 6.18 Å². The first-order valence-corrected chi connectivity index (χ1v) is 8.17. The van der Waals surface area contributed by atoms with Crippen LogP contribution in [0, 0.1) is 0 Å². The fourth-order valence-corrected chi connectivity index (χ4v) is 2.24. The molecule has 0 fully saturated rings. The van der Waals surface area contributed by atoms with Crippen LogP contribution < -0.4 is 10.6 Å². The molecular formula is C19H20F3N3O3. The van der Waals surface area contributed by atoms with E-state index in [9.17, 15) is 23.1 Å². The zero-order valence-corrected chi connectivity index (χ0v) is 15.5. The van der Waals surface area contributed by atoms with E-state index in [1.165, 1.54) is 18.5 Å². The number of aromatic nitrogens is 1. The minimum absolute atomic E-state index is 0.0745. The van der Waals surface area contributed by atoms with E-state index in [1.54, 1.807) is 0 Å². The maximum atomic E-state index is 12.9. The van der Waals surface area contributed by atoms with Gasteiger partial charge in [0.25, 0.3) is 5.91 Å². The van der Waals surface area contributed by atoms with Crippen LogP contribution >= 0.6 is 0 Å². The van der Waals surface area contributed by atoms with Gasteiger partial charge in [-0.15, -0.1) is 0 Å². The average Bonchev–Trinajstić information content (AvgIpc) is 2.54. The minimum Gasteiger partial charge on any atom is -0.506 e. The molecule has 1 aromatic carbocycles. The van der Waals surface area contributed by atoms with Crippen molar-refractivity contribution in [1.29, 1.82) is 0 Å². The van der Waals surface area contributed by atoms with Crippen LogP contribution in [-0.2, 0) is 10.9 Å². The number of hydrogen-bond acceptors (Lipinski definition) is 5. The van der Waals surface area contributed by atoms with Crippen LogP contribution in [0.15, 0.2) is 49.1 Å². The van der Waals surface area contributed by atoms with Gasteiger partial charge in [0.1, 0.15) is 11.4 Å². The van der Waals surface area contributed by atoms with E-state index < -0.39 is 29.0 Å². The van der Waals surface area contributed by atoms with Gasteiger partial charge in [-0.2, -0.15) is 13.2 Å². The monoisotopic (exact) mass is 395 g/mol. The molecule has 0 saturated heterocycles. The number of alkyl halides is 3. The van der Waals surface area contributed by atoms with E-state index in [1.807, 2.05) is 20.8 Å². The number of nitrogens with one attached hydrogen (secondary N) is 2. The fourth-order valence-electron chi connectivity index (χ4n) is 2.24. The summed E-state index contributed by atoms with van der Waals surface area (Å²) in [6, 6.07) is 3.61. The molecule has 1 aromatic heterocycles. The first-order chi connectivity index (χ1) is 12.9. The molecule has 2 aromatic rings. The van der Waals surface area contributed by atoms with Crippen molar-refractivity contribution in [3.8, 4) is 5.75 Å². The second kappa shape index (κ2) is 7.79. The third-order valence-corrected chi connectivity index (χ3v) is 3.34. The predicted molar refractivity (Wildman–Crippen MR) is 98.9 cm³/mol. The summed E-state index contributed by atoms with van der Waals surface area (Å²) in [5.74, 6) is -1.08. The van der Waals surface area contributed by atoms with Gasteiger partial charge in [-0.05, 0) is 51.6 Å². The lowest BCUT2D eigenvalue weighted by Gasteiger charge is -2.23. The van der Waals surface area contributed by atoms with Crippen molar-refractivity contribution in [3.05, 3.63) is 60.2 Å². The Morgan fingerprint density at radius 3 is 2.43 bits per heavy atom. The summed E-state index contributed by atoms with van der Waals surface area (Å²) >= 11 is 0. The van der Waals surface area contributed by atoms with Crippen molar-refractivity contribution in [2.45, 2.75) is 32.5 Å². The highest BCUT2D eigenvalue weighted by Gasteiger charge is 2.31. The molecule has 0 unspecified atom stereocenters. The van der Waals surface area contributed by atoms with Gasteiger partial charge in [-0.25, -0.2) is 0 Å². The summed E-state index contributed by atoms with van der Waals surface area (Å²) < 4.78 is 44.1. The summed E-state index contributed by atoms with van der Waals surface area (Å²) in [5.41, 5.74) is -1.59. The van der Waals surface area contributed by atoms with E-state index in [-0.39, 0.29) is 22.8 Å². The van der Waals surface area contributed by atoms with Gasteiger partial charge in [-0.3, -0.25) is 9.78 Å². The van der Waals surface area contributed by atoms with E-state index in [2.05, 4.69) is 22.2 Å². The number of phenolic OH excluding ortho intramolecular Hbond substituents is 1. The van der Waals surface area contributed by atoms with Gasteiger partial charge in [0.2, 0.25) is 0 Å². The molecule has 0 atom stereocenters. The molecule has 0 spiro atoms. The largest absolute Gasteiger partial charge is 0.506 e. The van der Waals surface area contributed by atoms with Gasteiger partial charge in [-0.1, -0.05) is 0 Å². The molecule has 0 bridgehead atoms. The Labute approximate surface area is 160 Å². The molecule has 9 heteroatoms. The smallest absolute Gasteiger partial charge is 0.416 e. The Bertz CT molecular complexity index is 890. The Hall–Kier alpha value is -3.23. The van der Waals surface area contributed by atoms with Crippen LogP contribution in [0.2, 0.25) is 0 Å². The summed E-state index contributed by atoms with van der Waals surface area (Å²) in [6.07, 6.45) is -1.92. The number of aromatic hydroxyl groups is 1. The minimum atomic E-state index is -4.61. The lowest BCUT2D eigenvalue weighted by Crippen LogP contribution is -2.22. The molecule has 0 aliphatic rings. The maximum Gasteiger partial charge on any atom is 0.416 e. The van der Waals surface area contributed by atoms with Gasteiger partial charge in [0.15, 0.2) is 5.88 Å². The molecule has 6 nitrogen and oxygen atoms in total. The highest BCUT2D eigenvalue weighted by atomic mass is 19.4. The van der Waals surface area contributed by atoms with E-state index in [0.717, 1.165) is 12.1 Å². The Morgan fingerprint density at radius 1 is 1.14 bits per heavy atom. The van der Waals surface area contributed by atoms with Crippen molar-refractivity contribution in [3.63, 3.8) is 0 Å². The topological polar surface area (TPSA) is 83.5 Å². The highest BCUT2D eigenvalue weighted by Crippen LogP contribution is 2.34. The number of rotatable bonds is 5. The lowest BCUT2D eigenvalue weighted by molar-refractivity contribution is -0.137. The molecule has 1 heterocycles. The molecule has 2 rings (SSSR count). The van der Waals surface area contributed by atoms with Gasteiger partial charge in [0.05, 0.1) is 28.7 Å². The average molecular weight is 395 g/mol. The van der Waals surface area contributed by atoms with E-state index >= 15 is 0 Å². The summed E-state index contributed by atoms with van der Waals surface area (Å²) in [5, 5.41) is 14.9. The van der Waals surface area contributed by atoms with E-state index in [4.69, 9.17) is 4.74 Å². The number of carbonyl (C=O) groups is 1. The van der Waals surface area contributed by atoms with Crippen LogP contribution in [0.3, 0.4) is 0 Å². The van der Waals surface area contributed by atoms with Gasteiger partial charge in [0, 0.05) is 6.20 Å². The standard InChI is InChI=1S/C19H20F3N3O3/c1-11(28-18(2,3)4)24-15-10-23-8-7-13(15)17(27)25-14-9-12(19(20,21)22)5-6-16(14)26/h5-10,24,26H,1H2,2-4H3,(H,25,27). The number of phenols is 1. The number of amides is 1. The van der Waals surface area contributed by atoms with Gasteiger partial charge < -0.3 is 20.5 Å². The number of anilines is 2. The number of halogens is 3. The van der Waals surface area contributed by atoms with Crippen LogP contribution in [0.5, 0.6) is 5.75 Å². The third kappa shape index (κ3) is 5.63. The third-order valence-electron chi connectivity index (χ3n) is 3.34. The van der Waals surface area contributed by atoms with Crippen LogP contribution in [0.1, 0.15) is 36.7 Å². The lowest BCUT2D eigenvalue weighted by atomic mass is 10.1. The number of hydrogen-bond donors (Lipinski definition) is 3. The normalized spacial score (nSPS) is 11.6. The summed E-state index contributed by atoms with van der Waals surface area (Å²) in [6.45, 7) is 9.15. The molecule has 150 valence electrons. The van der Waals surface area contributed by atoms with E-state index in [0.29, 0.717) is 6.07 Å². The Balaban J connectivity index is 2.25. The first-order valence-electron chi connectivity index (χ1n) is 8.17. The second-order valence-corrected chi connectivity index (χ2v) is 6.87. The van der Waals surface area contributed by atoms with Crippen molar-refractivity contribution in [2.75, 3.05) is 10.6 Å². The number of carbonyl (C=O) groups excluding carboxylic acids is 1. The van der Waals surface area contributed by atoms with Crippen LogP contribution in [0.4, 0.5) is 24.5 Å². The number of ether oxygens (including phenoxy) is 1. The van der Waals surface area contributed by atoms with Crippen molar-refractivity contribution in [1.82, 2.24) is 4.98 Å². The highest BCUT2D eigenvalue weighted by molar-refractivity contribution is 6.08. The van der Waals surface area contributed by atoms with Crippen LogP contribution in [-0.4, -0.2) is 21.6 Å². The predicted octanol–water partition coefficient (Wildman–Crippen LogP) is 4.76. The number of benzene rings is 1. The zero-order chi connectivity index (χ0) is 21.1.